The quantitative estimate of drug-likeness (QED) is 0.786. The maximum Gasteiger partial charge on any atom is 0.323 e. The zero-order valence-electron chi connectivity index (χ0n) is 9.65. The molecule has 0 aromatic carbocycles. The van der Waals surface area contributed by atoms with Crippen molar-refractivity contribution in [3.05, 3.63) is 28.9 Å². The van der Waals surface area contributed by atoms with Crippen molar-refractivity contribution >= 4 is 5.78 Å². The molecule has 2 aromatic rings. The fourth-order valence-corrected chi connectivity index (χ4v) is 2.06. The largest absolute Gasteiger partial charge is 0.427 e. The lowest BCUT2D eigenvalue weighted by Gasteiger charge is -2.09. The molecule has 3 heterocycles. The van der Waals surface area contributed by atoms with Crippen LogP contribution in [0.2, 0.25) is 0 Å². The number of aryl methyl sites for hydroxylation is 1. The van der Waals surface area contributed by atoms with Crippen LogP contribution in [0, 0.1) is 13.8 Å². The van der Waals surface area contributed by atoms with Gasteiger partial charge in [-0.2, -0.15) is 14.8 Å². The van der Waals surface area contributed by atoms with E-state index >= 15 is 0 Å². The molecule has 0 unspecified atom stereocenters. The molecule has 6 nitrogen and oxygen atoms in total. The van der Waals surface area contributed by atoms with E-state index in [1.165, 1.54) is 0 Å². The van der Waals surface area contributed by atoms with Crippen molar-refractivity contribution in [1.82, 2.24) is 20.1 Å². The fraction of sp³-hybridized carbons (Fsp3) is 0.364. The van der Waals surface area contributed by atoms with E-state index in [4.69, 9.17) is 4.42 Å². The molecular weight excluding hydrogens is 220 g/mol. The number of nitrogens with zero attached hydrogens (tertiary/aromatic N) is 3. The Hall–Kier alpha value is -1.95. The Balaban J connectivity index is 2.16. The molecule has 3 rings (SSSR count). The Labute approximate surface area is 97.6 Å². The molecule has 0 saturated heterocycles. The van der Waals surface area contributed by atoms with Gasteiger partial charge in [-0.15, -0.1) is 0 Å². The minimum Gasteiger partial charge on any atom is -0.427 e. The summed E-state index contributed by atoms with van der Waals surface area (Å²) in [6.07, 6.45) is 1.63. The molecule has 17 heavy (non-hydrogen) atoms. The third kappa shape index (κ3) is 1.49. The number of Topliss-reactive ketones (excluding diaryl/α,β-unsaturated/α-hetero) is 1. The molecule has 0 amide bonds. The lowest BCUT2D eigenvalue weighted by Crippen LogP contribution is -2.29. The first kappa shape index (κ1) is 10.2. The van der Waals surface area contributed by atoms with E-state index in [9.17, 15) is 4.79 Å². The van der Waals surface area contributed by atoms with Crippen molar-refractivity contribution in [1.29, 1.82) is 0 Å². The van der Waals surface area contributed by atoms with Gasteiger partial charge in [-0.3, -0.25) is 4.79 Å². The molecule has 0 saturated carbocycles. The number of hydrogen-bond donors (Lipinski definition) is 1. The number of carbonyl (C=O) groups is 1. The second-order valence-corrected chi connectivity index (χ2v) is 4.10. The smallest absolute Gasteiger partial charge is 0.323 e. The average Bonchev–Trinajstić information content (AvgIpc) is 2.84. The lowest BCUT2D eigenvalue weighted by molar-refractivity contribution is 0.0981. The topological polar surface area (TPSA) is 73.0 Å². The van der Waals surface area contributed by atoms with E-state index in [1.807, 2.05) is 13.8 Å². The summed E-state index contributed by atoms with van der Waals surface area (Å²) in [6.45, 7) is 4.65. The highest BCUT2D eigenvalue weighted by Gasteiger charge is 2.25. The molecule has 0 radical (unpaired) electrons. The molecule has 6 heteroatoms. The number of fused-ring (bicyclic) bond motifs is 1. The van der Waals surface area contributed by atoms with Gasteiger partial charge >= 0.3 is 6.01 Å². The molecule has 2 aromatic heterocycles. The Morgan fingerprint density at radius 1 is 1.41 bits per heavy atom. The first-order valence-corrected chi connectivity index (χ1v) is 5.42. The van der Waals surface area contributed by atoms with Gasteiger partial charge in [0, 0.05) is 6.54 Å². The van der Waals surface area contributed by atoms with Crippen LogP contribution in [0.3, 0.4) is 0 Å². The summed E-state index contributed by atoms with van der Waals surface area (Å²) >= 11 is 0. The highest BCUT2D eigenvalue weighted by molar-refractivity contribution is 6.00. The Kier molecular flexibility index (Phi) is 2.12. The second kappa shape index (κ2) is 3.53. The van der Waals surface area contributed by atoms with E-state index in [0.717, 1.165) is 17.1 Å². The molecule has 0 fully saturated rings. The van der Waals surface area contributed by atoms with Gasteiger partial charge < -0.3 is 9.73 Å². The Morgan fingerprint density at radius 2 is 2.24 bits per heavy atom. The summed E-state index contributed by atoms with van der Waals surface area (Å²) in [5.41, 5.74) is 2.24. The molecule has 0 aliphatic carbocycles. The number of aromatic nitrogens is 3. The zero-order chi connectivity index (χ0) is 12.0. The van der Waals surface area contributed by atoms with Gasteiger partial charge in [-0.1, -0.05) is 0 Å². The van der Waals surface area contributed by atoms with Gasteiger partial charge in [-0.05, 0) is 13.8 Å². The zero-order valence-corrected chi connectivity index (χ0v) is 9.65. The average molecular weight is 232 g/mol. The SMILES string of the molecule is Cc1cnc(-n2nc3c(c2C)C(=O)CNC3)o1. The van der Waals surface area contributed by atoms with Crippen molar-refractivity contribution in [2.24, 2.45) is 0 Å². The van der Waals surface area contributed by atoms with Gasteiger partial charge in [0.1, 0.15) is 5.76 Å². The third-order valence-corrected chi connectivity index (χ3v) is 2.84. The van der Waals surface area contributed by atoms with Crippen molar-refractivity contribution < 1.29 is 9.21 Å². The van der Waals surface area contributed by atoms with Gasteiger partial charge in [0.15, 0.2) is 5.78 Å². The van der Waals surface area contributed by atoms with Crippen LogP contribution in [0.4, 0.5) is 0 Å². The van der Waals surface area contributed by atoms with Crippen molar-refractivity contribution in [3.63, 3.8) is 0 Å². The predicted octanol–water partition coefficient (Wildman–Crippen LogP) is 0.763. The summed E-state index contributed by atoms with van der Waals surface area (Å²) in [4.78, 5) is 15.9. The first-order chi connectivity index (χ1) is 8.16. The maximum atomic E-state index is 11.8. The van der Waals surface area contributed by atoms with E-state index in [-0.39, 0.29) is 5.78 Å². The van der Waals surface area contributed by atoms with Crippen LogP contribution in [0.15, 0.2) is 10.6 Å². The Bertz CT molecular complexity index is 597. The van der Waals surface area contributed by atoms with Gasteiger partial charge in [0.05, 0.1) is 29.7 Å². The molecule has 88 valence electrons. The number of nitrogens with one attached hydrogen (secondary N) is 1. The van der Waals surface area contributed by atoms with Gasteiger partial charge in [-0.25, -0.2) is 0 Å². The monoisotopic (exact) mass is 232 g/mol. The van der Waals surface area contributed by atoms with Crippen LogP contribution < -0.4 is 5.32 Å². The fourth-order valence-electron chi connectivity index (χ4n) is 2.06. The number of carbonyl (C=O) groups excluding carboxylic acids is 1. The summed E-state index contributed by atoms with van der Waals surface area (Å²) in [6, 6.07) is 0.405. The molecule has 1 aliphatic rings. The van der Waals surface area contributed by atoms with E-state index < -0.39 is 0 Å². The van der Waals surface area contributed by atoms with Crippen molar-refractivity contribution in [2.45, 2.75) is 20.4 Å². The van der Waals surface area contributed by atoms with E-state index in [1.54, 1.807) is 10.9 Å². The summed E-state index contributed by atoms with van der Waals surface area (Å²) in [5, 5.41) is 7.37. The van der Waals surface area contributed by atoms with Crippen molar-refractivity contribution in [2.75, 3.05) is 6.54 Å². The van der Waals surface area contributed by atoms with Crippen LogP contribution in [0.5, 0.6) is 0 Å². The van der Waals surface area contributed by atoms with E-state index in [0.29, 0.717) is 24.7 Å². The van der Waals surface area contributed by atoms with Crippen LogP contribution in [-0.4, -0.2) is 27.1 Å². The third-order valence-electron chi connectivity index (χ3n) is 2.84. The Morgan fingerprint density at radius 3 is 2.88 bits per heavy atom. The van der Waals surface area contributed by atoms with Crippen molar-refractivity contribution in [3.8, 4) is 6.01 Å². The number of hydrogen-bond acceptors (Lipinski definition) is 5. The molecule has 0 atom stereocenters. The highest BCUT2D eigenvalue weighted by Crippen LogP contribution is 2.20. The highest BCUT2D eigenvalue weighted by atomic mass is 16.4. The van der Waals surface area contributed by atoms with Crippen LogP contribution in [-0.2, 0) is 6.54 Å². The summed E-state index contributed by atoms with van der Waals surface area (Å²) in [7, 11) is 0. The molecule has 0 bridgehead atoms. The standard InChI is InChI=1S/C11H12N4O2/c1-6-3-13-11(17-6)15-7(2)10-8(14-15)4-12-5-9(10)16/h3,12H,4-5H2,1-2H3. The maximum absolute atomic E-state index is 11.8. The first-order valence-electron chi connectivity index (χ1n) is 5.42. The van der Waals surface area contributed by atoms with Crippen LogP contribution >= 0.6 is 0 Å². The lowest BCUT2D eigenvalue weighted by atomic mass is 10.1. The van der Waals surface area contributed by atoms with Crippen LogP contribution in [0.25, 0.3) is 6.01 Å². The minimum absolute atomic E-state index is 0.0679. The van der Waals surface area contributed by atoms with Gasteiger partial charge in [0.25, 0.3) is 0 Å². The summed E-state index contributed by atoms with van der Waals surface area (Å²) in [5.74, 6) is 0.788. The van der Waals surface area contributed by atoms with Crippen LogP contribution in [0.1, 0.15) is 27.5 Å². The minimum atomic E-state index is 0.0679. The summed E-state index contributed by atoms with van der Waals surface area (Å²) < 4.78 is 7.01. The molecule has 0 spiro atoms. The number of rotatable bonds is 1. The molecular formula is C11H12N4O2. The molecule has 1 aliphatic heterocycles. The predicted molar refractivity (Wildman–Crippen MR) is 59.1 cm³/mol. The number of oxazole rings is 1. The number of ketones is 1. The normalized spacial score (nSPS) is 15.1. The van der Waals surface area contributed by atoms with Gasteiger partial charge in [0.2, 0.25) is 0 Å². The molecule has 1 N–H and O–H groups in total. The second-order valence-electron chi connectivity index (χ2n) is 4.10. The van der Waals surface area contributed by atoms with E-state index in [2.05, 4.69) is 15.4 Å².